The number of aliphatic hydroxyl groups excluding tert-OH is 1. The van der Waals surface area contributed by atoms with Crippen molar-refractivity contribution in [3.05, 3.63) is 102 Å². The lowest BCUT2D eigenvalue weighted by Crippen LogP contribution is -2.42. The molecule has 34 heavy (non-hydrogen) atoms. The van der Waals surface area contributed by atoms with Gasteiger partial charge in [0.1, 0.15) is 18.5 Å². The monoisotopic (exact) mass is 453 g/mol. The number of hydrogen-bond acceptors (Lipinski definition) is 3. The third-order valence-electron chi connectivity index (χ3n) is 6.87. The summed E-state index contributed by atoms with van der Waals surface area (Å²) in [7, 11) is 0. The summed E-state index contributed by atoms with van der Waals surface area (Å²) >= 11 is 0. The topological polar surface area (TPSA) is 58.4 Å². The van der Waals surface area contributed by atoms with Gasteiger partial charge in [-0.3, -0.25) is 4.79 Å². The van der Waals surface area contributed by atoms with Crippen molar-refractivity contribution in [1.82, 2.24) is 14.5 Å². The zero-order chi connectivity index (χ0) is 23.3. The lowest BCUT2D eigenvalue weighted by molar-refractivity contribution is -0.135. The van der Waals surface area contributed by atoms with Crippen molar-refractivity contribution in [2.24, 2.45) is 0 Å². The molecule has 1 aromatic heterocycles. The largest absolute Gasteiger partial charge is 0.380 e. The second-order valence-corrected chi connectivity index (χ2v) is 9.16. The van der Waals surface area contributed by atoms with Crippen molar-refractivity contribution in [2.45, 2.75) is 57.3 Å². The summed E-state index contributed by atoms with van der Waals surface area (Å²) in [6.45, 7) is 0.761. The molecular formula is C29H31N3O2. The molecule has 5 rings (SSSR count). The first kappa shape index (κ1) is 22.4. The fraction of sp³-hybridized carbons (Fsp3) is 0.310. The number of hydrogen-bond donors (Lipinski definition) is 1. The van der Waals surface area contributed by atoms with E-state index in [0.29, 0.717) is 12.4 Å². The second kappa shape index (κ2) is 10.2. The van der Waals surface area contributed by atoms with Gasteiger partial charge in [-0.05, 0) is 36.1 Å². The highest BCUT2D eigenvalue weighted by Crippen LogP contribution is 2.28. The van der Waals surface area contributed by atoms with E-state index in [2.05, 4.69) is 17.0 Å². The maximum Gasteiger partial charge on any atom is 0.243 e. The van der Waals surface area contributed by atoms with Crippen LogP contribution in [-0.4, -0.2) is 31.5 Å². The van der Waals surface area contributed by atoms with Gasteiger partial charge in [0.25, 0.3) is 0 Å². The van der Waals surface area contributed by atoms with E-state index < -0.39 is 6.10 Å². The quantitative estimate of drug-likeness (QED) is 0.403. The summed E-state index contributed by atoms with van der Waals surface area (Å²) in [4.78, 5) is 20.7. The number of aliphatic hydroxyl groups is 1. The average molecular weight is 454 g/mol. The summed E-state index contributed by atoms with van der Waals surface area (Å²) < 4.78 is 1.90. The van der Waals surface area contributed by atoms with Crippen LogP contribution >= 0.6 is 0 Å². The van der Waals surface area contributed by atoms with Crippen molar-refractivity contribution in [3.8, 4) is 0 Å². The van der Waals surface area contributed by atoms with Gasteiger partial charge < -0.3 is 14.6 Å². The Hall–Kier alpha value is -3.44. The third kappa shape index (κ3) is 4.75. The minimum atomic E-state index is -0.904. The minimum absolute atomic E-state index is 0.0698. The summed E-state index contributed by atoms with van der Waals surface area (Å²) in [5.74, 6) is 0.574. The van der Waals surface area contributed by atoms with Crippen molar-refractivity contribution in [3.63, 3.8) is 0 Å². The van der Waals surface area contributed by atoms with Crippen LogP contribution in [0.1, 0.15) is 55.2 Å². The van der Waals surface area contributed by atoms with Gasteiger partial charge in [-0.1, -0.05) is 92.1 Å². The Morgan fingerprint density at radius 2 is 1.56 bits per heavy atom. The van der Waals surface area contributed by atoms with E-state index in [1.165, 1.54) is 6.42 Å². The van der Waals surface area contributed by atoms with E-state index in [0.717, 1.165) is 47.8 Å². The van der Waals surface area contributed by atoms with E-state index >= 15 is 0 Å². The van der Waals surface area contributed by atoms with Gasteiger partial charge in [-0.25, -0.2) is 4.98 Å². The predicted molar refractivity (Wildman–Crippen MR) is 134 cm³/mol. The number of rotatable bonds is 7. The molecule has 0 saturated heterocycles. The van der Waals surface area contributed by atoms with Gasteiger partial charge in [0.2, 0.25) is 5.91 Å². The fourth-order valence-electron chi connectivity index (χ4n) is 5.07. The molecule has 1 aliphatic carbocycles. The molecule has 1 aliphatic rings. The summed E-state index contributed by atoms with van der Waals surface area (Å²) in [5, 5.41) is 11.2. The standard InChI is InChI=1S/C29H31N3O2/c33-27(31(24-16-8-3-9-17-24)20-22-12-4-1-5-13-22)21-32-26-19-11-10-18-25(26)30-29(32)28(34)23-14-6-2-7-15-23/h1-2,4-7,10-15,18-19,24,28,34H,3,8-9,16-17,20-21H2. The molecule has 1 heterocycles. The minimum Gasteiger partial charge on any atom is -0.380 e. The Balaban J connectivity index is 1.49. The number of carbonyl (C=O) groups excluding carboxylic acids is 1. The zero-order valence-corrected chi connectivity index (χ0v) is 19.4. The van der Waals surface area contributed by atoms with E-state index in [9.17, 15) is 9.90 Å². The maximum atomic E-state index is 13.9. The van der Waals surface area contributed by atoms with E-state index in [-0.39, 0.29) is 18.5 Å². The Morgan fingerprint density at radius 3 is 2.29 bits per heavy atom. The lowest BCUT2D eigenvalue weighted by Gasteiger charge is -2.35. The molecule has 174 valence electrons. The van der Waals surface area contributed by atoms with Crippen LogP contribution in [0.5, 0.6) is 0 Å². The van der Waals surface area contributed by atoms with Crippen LogP contribution in [0.3, 0.4) is 0 Å². The fourth-order valence-corrected chi connectivity index (χ4v) is 5.07. The number of benzene rings is 3. The predicted octanol–water partition coefficient (Wildman–Crippen LogP) is 5.48. The van der Waals surface area contributed by atoms with Crippen LogP contribution < -0.4 is 0 Å². The molecule has 1 saturated carbocycles. The lowest BCUT2D eigenvalue weighted by atomic mass is 9.93. The number of imidazole rings is 1. The third-order valence-corrected chi connectivity index (χ3v) is 6.87. The number of carbonyl (C=O) groups is 1. The molecule has 0 radical (unpaired) electrons. The molecule has 1 unspecified atom stereocenters. The Kier molecular flexibility index (Phi) is 6.72. The van der Waals surface area contributed by atoms with Crippen molar-refractivity contribution >= 4 is 16.9 Å². The van der Waals surface area contributed by atoms with Crippen LogP contribution in [0.2, 0.25) is 0 Å². The van der Waals surface area contributed by atoms with E-state index in [4.69, 9.17) is 4.98 Å². The smallest absolute Gasteiger partial charge is 0.243 e. The van der Waals surface area contributed by atoms with Gasteiger partial charge in [0.15, 0.2) is 0 Å². The average Bonchev–Trinajstić information content (AvgIpc) is 3.26. The van der Waals surface area contributed by atoms with Crippen LogP contribution in [0.25, 0.3) is 11.0 Å². The first-order valence-electron chi connectivity index (χ1n) is 12.2. The van der Waals surface area contributed by atoms with Crippen molar-refractivity contribution in [1.29, 1.82) is 0 Å². The number of fused-ring (bicyclic) bond motifs is 1. The Bertz CT molecular complexity index is 1230. The van der Waals surface area contributed by atoms with Crippen LogP contribution in [0, 0.1) is 0 Å². The molecular weight excluding hydrogens is 422 g/mol. The van der Waals surface area contributed by atoms with Crippen LogP contribution in [0.4, 0.5) is 0 Å². The highest BCUT2D eigenvalue weighted by molar-refractivity contribution is 5.81. The Morgan fingerprint density at radius 1 is 0.912 bits per heavy atom. The number of nitrogens with zero attached hydrogens (tertiary/aromatic N) is 3. The SMILES string of the molecule is O=C(Cn1c(C(O)c2ccccc2)nc2ccccc21)N(Cc1ccccc1)C1CCCCC1. The highest BCUT2D eigenvalue weighted by atomic mass is 16.3. The summed E-state index contributed by atoms with van der Waals surface area (Å²) in [5.41, 5.74) is 3.55. The maximum absolute atomic E-state index is 13.9. The first-order valence-corrected chi connectivity index (χ1v) is 12.2. The molecule has 3 aromatic carbocycles. The Labute approximate surface area is 200 Å². The molecule has 1 N–H and O–H groups in total. The summed E-state index contributed by atoms with van der Waals surface area (Å²) in [6.07, 6.45) is 4.75. The molecule has 1 atom stereocenters. The van der Waals surface area contributed by atoms with Crippen molar-refractivity contribution in [2.75, 3.05) is 0 Å². The summed E-state index contributed by atoms with van der Waals surface area (Å²) in [6, 6.07) is 27.8. The molecule has 5 heteroatoms. The first-order chi connectivity index (χ1) is 16.7. The van der Waals surface area contributed by atoms with E-state index in [1.807, 2.05) is 77.4 Å². The normalized spacial score (nSPS) is 15.3. The van der Waals surface area contributed by atoms with Gasteiger partial charge in [0, 0.05) is 12.6 Å². The molecule has 0 aliphatic heterocycles. The van der Waals surface area contributed by atoms with Crippen LogP contribution in [0.15, 0.2) is 84.9 Å². The van der Waals surface area contributed by atoms with Gasteiger partial charge in [0.05, 0.1) is 11.0 Å². The zero-order valence-electron chi connectivity index (χ0n) is 19.4. The van der Waals surface area contributed by atoms with E-state index in [1.54, 1.807) is 0 Å². The van der Waals surface area contributed by atoms with Crippen LogP contribution in [-0.2, 0) is 17.9 Å². The van der Waals surface area contributed by atoms with Gasteiger partial charge in [-0.15, -0.1) is 0 Å². The number of para-hydroxylation sites is 2. The molecule has 5 nitrogen and oxygen atoms in total. The molecule has 0 spiro atoms. The van der Waals surface area contributed by atoms with Gasteiger partial charge >= 0.3 is 0 Å². The molecule has 4 aromatic rings. The molecule has 0 bridgehead atoms. The number of aromatic nitrogens is 2. The molecule has 1 amide bonds. The second-order valence-electron chi connectivity index (χ2n) is 9.16. The number of amides is 1. The highest BCUT2D eigenvalue weighted by Gasteiger charge is 2.28. The van der Waals surface area contributed by atoms with Gasteiger partial charge in [-0.2, -0.15) is 0 Å². The van der Waals surface area contributed by atoms with Crippen molar-refractivity contribution < 1.29 is 9.90 Å². The molecule has 1 fully saturated rings.